The zero-order valence-corrected chi connectivity index (χ0v) is 15.1. The van der Waals surface area contributed by atoms with Gasteiger partial charge in [-0.05, 0) is 19.1 Å². The molecule has 132 valence electrons. The van der Waals surface area contributed by atoms with E-state index in [0.29, 0.717) is 17.8 Å². The topological polar surface area (TPSA) is 46.6 Å². The van der Waals surface area contributed by atoms with Crippen LogP contribution in [0.15, 0.2) is 40.4 Å². The van der Waals surface area contributed by atoms with Crippen molar-refractivity contribution in [3.8, 4) is 11.3 Å². The van der Waals surface area contributed by atoms with Crippen molar-refractivity contribution in [2.45, 2.75) is 26.4 Å². The number of hydrogen-bond donors (Lipinski definition) is 0. The van der Waals surface area contributed by atoms with Crippen LogP contribution in [-0.2, 0) is 19.5 Å². The lowest BCUT2D eigenvalue weighted by Crippen LogP contribution is -2.30. The normalized spacial score (nSPS) is 14.8. The molecule has 0 spiro atoms. The predicted octanol–water partition coefficient (Wildman–Crippen LogP) is 4.06. The third-order valence-corrected chi connectivity index (χ3v) is 5.73. The maximum absolute atomic E-state index is 14.2. The van der Waals surface area contributed by atoms with Crippen LogP contribution in [0, 0.1) is 12.7 Å². The molecule has 0 N–H and O–H groups in total. The zero-order valence-electron chi connectivity index (χ0n) is 14.3. The average molecular weight is 368 g/mol. The fourth-order valence-corrected chi connectivity index (χ4v) is 4.39. The first-order valence-electron chi connectivity index (χ1n) is 8.56. The van der Waals surface area contributed by atoms with Gasteiger partial charge in [0.1, 0.15) is 17.3 Å². The fourth-order valence-electron chi connectivity index (χ4n) is 3.61. The number of hydrogen-bond acceptors (Lipinski definition) is 5. The predicted molar refractivity (Wildman–Crippen MR) is 97.5 cm³/mol. The monoisotopic (exact) mass is 368 g/mol. The quantitative estimate of drug-likeness (QED) is 0.547. The number of aromatic nitrogens is 3. The SMILES string of the molecule is Cc1nc2sccn2c1CN1CCc2onc(-c3ccccc3F)c2C1. The van der Waals surface area contributed by atoms with Crippen LogP contribution in [0.5, 0.6) is 0 Å². The van der Waals surface area contributed by atoms with Crippen molar-refractivity contribution < 1.29 is 8.91 Å². The summed E-state index contributed by atoms with van der Waals surface area (Å²) in [5.74, 6) is 0.595. The van der Waals surface area contributed by atoms with Gasteiger partial charge in [0, 0.05) is 48.8 Å². The highest BCUT2D eigenvalue weighted by Gasteiger charge is 2.27. The Morgan fingerprint density at radius 2 is 2.19 bits per heavy atom. The van der Waals surface area contributed by atoms with Crippen molar-refractivity contribution in [1.82, 2.24) is 19.4 Å². The van der Waals surface area contributed by atoms with Crippen LogP contribution in [0.2, 0.25) is 0 Å². The standard InChI is InChI=1S/C19H17FN4OS/c1-12-16(24-8-9-26-19(24)21-12)11-23-7-6-17-14(10-23)18(22-25-17)13-4-2-3-5-15(13)20/h2-5,8-9H,6-7,10-11H2,1H3. The van der Waals surface area contributed by atoms with Gasteiger partial charge in [-0.15, -0.1) is 11.3 Å². The first-order valence-corrected chi connectivity index (χ1v) is 9.44. The van der Waals surface area contributed by atoms with Crippen molar-refractivity contribution in [2.24, 2.45) is 0 Å². The number of rotatable bonds is 3. The summed E-state index contributed by atoms with van der Waals surface area (Å²) < 4.78 is 21.9. The van der Waals surface area contributed by atoms with E-state index in [2.05, 4.69) is 37.9 Å². The first kappa shape index (κ1) is 15.7. The third kappa shape index (κ3) is 2.47. The van der Waals surface area contributed by atoms with Crippen molar-refractivity contribution in [2.75, 3.05) is 6.54 Å². The molecule has 1 aromatic carbocycles. The van der Waals surface area contributed by atoms with E-state index in [0.717, 1.165) is 41.5 Å². The number of aryl methyl sites for hydroxylation is 1. The Labute approximate surface area is 153 Å². The van der Waals surface area contributed by atoms with Crippen molar-refractivity contribution in [3.05, 3.63) is 64.4 Å². The summed E-state index contributed by atoms with van der Waals surface area (Å²) in [7, 11) is 0. The molecule has 0 unspecified atom stereocenters. The minimum Gasteiger partial charge on any atom is -0.360 e. The molecule has 1 aliphatic rings. The molecular formula is C19H17FN4OS. The molecule has 0 saturated heterocycles. The Morgan fingerprint density at radius 3 is 3.08 bits per heavy atom. The van der Waals surface area contributed by atoms with Gasteiger partial charge in [-0.25, -0.2) is 9.37 Å². The van der Waals surface area contributed by atoms with Gasteiger partial charge in [-0.1, -0.05) is 17.3 Å². The van der Waals surface area contributed by atoms with E-state index in [-0.39, 0.29) is 5.82 Å². The van der Waals surface area contributed by atoms with Gasteiger partial charge in [-0.3, -0.25) is 9.30 Å². The molecule has 7 heteroatoms. The second-order valence-electron chi connectivity index (χ2n) is 6.57. The van der Waals surface area contributed by atoms with Crippen LogP contribution in [0.4, 0.5) is 4.39 Å². The van der Waals surface area contributed by atoms with Gasteiger partial charge in [0.05, 0.1) is 11.4 Å². The summed E-state index contributed by atoms with van der Waals surface area (Å²) in [4.78, 5) is 7.99. The largest absolute Gasteiger partial charge is 0.360 e. The van der Waals surface area contributed by atoms with E-state index in [1.54, 1.807) is 23.5 Å². The van der Waals surface area contributed by atoms with Crippen molar-refractivity contribution >= 4 is 16.3 Å². The van der Waals surface area contributed by atoms with E-state index in [1.165, 1.54) is 11.8 Å². The van der Waals surface area contributed by atoms with Crippen LogP contribution in [-0.4, -0.2) is 26.0 Å². The summed E-state index contributed by atoms with van der Waals surface area (Å²) in [6.07, 6.45) is 2.84. The van der Waals surface area contributed by atoms with Gasteiger partial charge in [0.15, 0.2) is 4.96 Å². The number of imidazole rings is 1. The number of halogens is 1. The highest BCUT2D eigenvalue weighted by atomic mass is 32.1. The number of benzene rings is 1. The van der Waals surface area contributed by atoms with Crippen LogP contribution >= 0.6 is 11.3 Å². The molecule has 0 saturated carbocycles. The number of thiazole rings is 1. The van der Waals surface area contributed by atoms with E-state index in [4.69, 9.17) is 4.52 Å². The van der Waals surface area contributed by atoms with Crippen LogP contribution in [0.25, 0.3) is 16.2 Å². The summed E-state index contributed by atoms with van der Waals surface area (Å²) in [6, 6.07) is 6.72. The molecule has 4 aromatic rings. The Hall–Kier alpha value is -2.51. The smallest absolute Gasteiger partial charge is 0.194 e. The van der Waals surface area contributed by atoms with E-state index in [1.807, 2.05) is 6.07 Å². The second-order valence-corrected chi connectivity index (χ2v) is 7.45. The van der Waals surface area contributed by atoms with Gasteiger partial charge < -0.3 is 4.52 Å². The first-order chi connectivity index (χ1) is 12.7. The molecular weight excluding hydrogens is 351 g/mol. The van der Waals surface area contributed by atoms with Crippen molar-refractivity contribution in [1.29, 1.82) is 0 Å². The van der Waals surface area contributed by atoms with Crippen molar-refractivity contribution in [3.63, 3.8) is 0 Å². The van der Waals surface area contributed by atoms with Crippen LogP contribution in [0.3, 0.4) is 0 Å². The molecule has 26 heavy (non-hydrogen) atoms. The van der Waals surface area contributed by atoms with Crippen LogP contribution in [0.1, 0.15) is 22.7 Å². The highest BCUT2D eigenvalue weighted by Crippen LogP contribution is 2.32. The van der Waals surface area contributed by atoms with E-state index >= 15 is 0 Å². The summed E-state index contributed by atoms with van der Waals surface area (Å²) in [6.45, 7) is 4.43. The molecule has 5 rings (SSSR count). The summed E-state index contributed by atoms with van der Waals surface area (Å²) in [5.41, 5.74) is 4.37. The third-order valence-electron chi connectivity index (χ3n) is 4.97. The molecule has 5 nitrogen and oxygen atoms in total. The lowest BCUT2D eigenvalue weighted by atomic mass is 10.0. The summed E-state index contributed by atoms with van der Waals surface area (Å²) in [5, 5.41) is 6.21. The lowest BCUT2D eigenvalue weighted by Gasteiger charge is -2.26. The fraction of sp³-hybridized carbons (Fsp3) is 0.263. The molecule has 0 amide bonds. The highest BCUT2D eigenvalue weighted by molar-refractivity contribution is 7.15. The maximum atomic E-state index is 14.2. The molecule has 0 bridgehead atoms. The Kier molecular flexibility index (Phi) is 3.65. The van der Waals surface area contributed by atoms with Crippen LogP contribution < -0.4 is 0 Å². The van der Waals surface area contributed by atoms with E-state index in [9.17, 15) is 4.39 Å². The Balaban J connectivity index is 1.47. The molecule has 4 heterocycles. The molecule has 0 aliphatic carbocycles. The molecule has 0 atom stereocenters. The molecule has 0 radical (unpaired) electrons. The van der Waals surface area contributed by atoms with Gasteiger partial charge in [0.25, 0.3) is 0 Å². The van der Waals surface area contributed by atoms with Gasteiger partial charge in [0.2, 0.25) is 0 Å². The number of nitrogens with zero attached hydrogens (tertiary/aromatic N) is 4. The minimum absolute atomic E-state index is 0.271. The lowest BCUT2D eigenvalue weighted by molar-refractivity contribution is 0.225. The molecule has 0 fully saturated rings. The minimum atomic E-state index is -0.271. The molecule has 1 aliphatic heterocycles. The van der Waals surface area contributed by atoms with Gasteiger partial charge in [-0.2, -0.15) is 0 Å². The number of fused-ring (bicyclic) bond motifs is 2. The second kappa shape index (κ2) is 6.03. The van der Waals surface area contributed by atoms with Gasteiger partial charge >= 0.3 is 0 Å². The summed E-state index contributed by atoms with van der Waals surface area (Å²) >= 11 is 1.64. The average Bonchev–Trinajstić information content (AvgIpc) is 3.32. The molecule has 3 aromatic heterocycles. The van der Waals surface area contributed by atoms with E-state index < -0.39 is 0 Å². The zero-order chi connectivity index (χ0) is 17.7. The Bertz CT molecular complexity index is 1100. The Morgan fingerprint density at radius 1 is 1.31 bits per heavy atom. The maximum Gasteiger partial charge on any atom is 0.194 e.